The van der Waals surface area contributed by atoms with Crippen LogP contribution in [0.1, 0.15) is 62.3 Å². The van der Waals surface area contributed by atoms with Gasteiger partial charge in [-0.05, 0) is 56.0 Å². The Morgan fingerprint density at radius 1 is 1.28 bits per heavy atom. The highest BCUT2D eigenvalue weighted by Gasteiger charge is 2.42. The normalized spacial score (nSPS) is 25.1. The third-order valence-corrected chi connectivity index (χ3v) is 8.84. The van der Waals surface area contributed by atoms with Crippen molar-refractivity contribution >= 4 is 43.1 Å². The summed E-state index contributed by atoms with van der Waals surface area (Å²) in [6, 6.07) is 10.0. The number of aliphatic hydroxyl groups excluding tert-OH is 1. The Balaban J connectivity index is 1.39. The molecule has 1 saturated heterocycles. The monoisotopic (exact) mass is 575 g/mol. The predicted octanol–water partition coefficient (Wildman–Crippen LogP) is 4.80. The summed E-state index contributed by atoms with van der Waals surface area (Å²) in [6.45, 7) is 0.658. The number of Topliss-reactive ketones (excluding diaryl/α,β-unsaturated/α-hetero) is 1. The van der Waals surface area contributed by atoms with Crippen molar-refractivity contribution in [3.63, 3.8) is 0 Å². The number of sulfonamides is 1. The van der Waals surface area contributed by atoms with Gasteiger partial charge in [0, 0.05) is 40.9 Å². The van der Waals surface area contributed by atoms with Crippen molar-refractivity contribution in [1.82, 2.24) is 4.72 Å². The van der Waals surface area contributed by atoms with Gasteiger partial charge >= 0.3 is 0 Å². The molecule has 4 rings (SSSR count). The average molecular weight is 576 g/mol. The standard InChI is InChI=1S/C29H37NO7S2/c1-39(34,35)30-28(33)13-5-3-2-4-11-21-22(25(19-24(21)32)37-29-14-8-9-17-36-29)15-16-23(31)27-18-20-10-6-7-12-26(20)38-27/h2,4,6-7,10,12,15-16,18,21-23,25,29,31H,3,5,8-9,11,13-14,17,19H2,1H3,(H,30,33)/b4-2-,16-15+/t21-,22-,23-,25-,29?/m1/s1. The number of unbranched alkanes of at least 4 members (excludes halogenated alkanes) is 1. The average Bonchev–Trinajstić information content (AvgIpc) is 3.45. The van der Waals surface area contributed by atoms with E-state index in [1.807, 2.05) is 53.3 Å². The molecular formula is C29H37NO7S2. The maximum Gasteiger partial charge on any atom is 0.233 e. The van der Waals surface area contributed by atoms with E-state index in [0.717, 1.165) is 40.5 Å². The zero-order chi connectivity index (χ0) is 27.8. The highest BCUT2D eigenvalue weighted by Crippen LogP contribution is 2.38. The van der Waals surface area contributed by atoms with Crippen LogP contribution in [0.15, 0.2) is 54.6 Å². The van der Waals surface area contributed by atoms with Crippen LogP contribution in [0.5, 0.6) is 0 Å². The van der Waals surface area contributed by atoms with E-state index < -0.39 is 22.0 Å². The largest absolute Gasteiger partial charge is 0.383 e. The number of carbonyl (C=O) groups excluding carboxylic acids is 2. The number of nitrogens with one attached hydrogen (secondary N) is 1. The number of allylic oxidation sites excluding steroid dienone is 2. The molecule has 1 amide bonds. The molecule has 2 fully saturated rings. The minimum absolute atomic E-state index is 0.109. The van der Waals surface area contributed by atoms with E-state index >= 15 is 0 Å². The number of amides is 1. The first-order valence-electron chi connectivity index (χ1n) is 13.5. The Hall–Kier alpha value is -2.37. The lowest BCUT2D eigenvalue weighted by Crippen LogP contribution is -2.30. The molecule has 39 heavy (non-hydrogen) atoms. The Bertz CT molecular complexity index is 1260. The highest BCUT2D eigenvalue weighted by atomic mass is 32.2. The number of ketones is 1. The first kappa shape index (κ1) is 29.6. The molecule has 0 radical (unpaired) electrons. The Morgan fingerprint density at radius 2 is 2.10 bits per heavy atom. The number of thiophene rings is 1. The molecule has 1 aromatic carbocycles. The molecule has 1 saturated carbocycles. The minimum Gasteiger partial charge on any atom is -0.383 e. The van der Waals surface area contributed by atoms with Crippen LogP contribution in [0.3, 0.4) is 0 Å². The number of rotatable bonds is 12. The zero-order valence-electron chi connectivity index (χ0n) is 22.2. The minimum atomic E-state index is -3.55. The van der Waals surface area contributed by atoms with Crippen LogP contribution < -0.4 is 4.72 Å². The molecule has 2 N–H and O–H groups in total. The summed E-state index contributed by atoms with van der Waals surface area (Å²) in [5, 5.41) is 12.0. The zero-order valence-corrected chi connectivity index (χ0v) is 23.8. The number of hydrogen-bond acceptors (Lipinski definition) is 8. The van der Waals surface area contributed by atoms with Crippen LogP contribution in [-0.2, 0) is 29.1 Å². The molecule has 0 spiro atoms. The number of benzene rings is 1. The summed E-state index contributed by atoms with van der Waals surface area (Å²) >= 11 is 1.55. The van der Waals surface area contributed by atoms with Crippen molar-refractivity contribution in [3.05, 3.63) is 59.5 Å². The van der Waals surface area contributed by atoms with E-state index in [9.17, 15) is 23.1 Å². The highest BCUT2D eigenvalue weighted by molar-refractivity contribution is 7.89. The summed E-state index contributed by atoms with van der Waals surface area (Å²) in [6.07, 6.45) is 12.0. The van der Waals surface area contributed by atoms with Crippen molar-refractivity contribution < 1.29 is 32.6 Å². The van der Waals surface area contributed by atoms with Gasteiger partial charge in [-0.2, -0.15) is 0 Å². The van der Waals surface area contributed by atoms with Gasteiger partial charge in [0.25, 0.3) is 0 Å². The van der Waals surface area contributed by atoms with E-state index in [-0.39, 0.29) is 36.4 Å². The van der Waals surface area contributed by atoms with Gasteiger partial charge in [-0.15, -0.1) is 11.3 Å². The molecule has 1 aliphatic heterocycles. The van der Waals surface area contributed by atoms with Gasteiger partial charge in [0.15, 0.2) is 6.29 Å². The third-order valence-electron chi connectivity index (χ3n) is 7.06. The Labute approximate surface area is 234 Å². The first-order chi connectivity index (χ1) is 18.7. The van der Waals surface area contributed by atoms with Crippen molar-refractivity contribution in [1.29, 1.82) is 0 Å². The van der Waals surface area contributed by atoms with Gasteiger partial charge in [0.2, 0.25) is 15.9 Å². The summed E-state index contributed by atoms with van der Waals surface area (Å²) in [7, 11) is -3.55. The fraction of sp³-hybridized carbons (Fsp3) is 0.517. The van der Waals surface area contributed by atoms with Gasteiger partial charge in [-0.1, -0.05) is 42.5 Å². The maximum absolute atomic E-state index is 13.1. The topological polar surface area (TPSA) is 119 Å². The molecule has 2 aromatic rings. The van der Waals surface area contributed by atoms with E-state index in [2.05, 4.69) is 0 Å². The smallest absolute Gasteiger partial charge is 0.233 e. The molecule has 212 valence electrons. The number of fused-ring (bicyclic) bond motifs is 1. The second-order valence-corrected chi connectivity index (χ2v) is 13.1. The Morgan fingerprint density at radius 3 is 2.85 bits per heavy atom. The second-order valence-electron chi connectivity index (χ2n) is 10.2. The third kappa shape index (κ3) is 8.81. The van der Waals surface area contributed by atoms with E-state index in [4.69, 9.17) is 9.47 Å². The lowest BCUT2D eigenvalue weighted by molar-refractivity contribution is -0.192. The Kier molecular flexibility index (Phi) is 10.5. The van der Waals surface area contributed by atoms with Gasteiger partial charge in [-0.3, -0.25) is 14.3 Å². The van der Waals surface area contributed by atoms with E-state index in [1.165, 1.54) is 0 Å². The number of aliphatic hydroxyl groups is 1. The summed E-state index contributed by atoms with van der Waals surface area (Å²) in [4.78, 5) is 25.6. The number of ether oxygens (including phenoxy) is 2. The van der Waals surface area contributed by atoms with Gasteiger partial charge in [0.05, 0.1) is 12.4 Å². The van der Waals surface area contributed by atoms with Crippen molar-refractivity contribution in [3.8, 4) is 0 Å². The van der Waals surface area contributed by atoms with Crippen molar-refractivity contribution in [2.45, 2.75) is 69.9 Å². The number of carbonyl (C=O) groups is 2. The predicted molar refractivity (Wildman–Crippen MR) is 152 cm³/mol. The first-order valence-corrected chi connectivity index (χ1v) is 16.2. The second kappa shape index (κ2) is 13.8. The van der Waals surface area contributed by atoms with Crippen LogP contribution in [0, 0.1) is 11.8 Å². The van der Waals surface area contributed by atoms with Crippen LogP contribution >= 0.6 is 11.3 Å². The van der Waals surface area contributed by atoms with Crippen LogP contribution in [0.25, 0.3) is 10.1 Å². The molecule has 1 aromatic heterocycles. The van der Waals surface area contributed by atoms with Gasteiger partial charge in [-0.25, -0.2) is 8.42 Å². The summed E-state index contributed by atoms with van der Waals surface area (Å²) < 4.78 is 37.4. The molecule has 0 bridgehead atoms. The lowest BCUT2D eigenvalue weighted by Gasteiger charge is -2.28. The van der Waals surface area contributed by atoms with Crippen LogP contribution in [0.2, 0.25) is 0 Å². The lowest BCUT2D eigenvalue weighted by atomic mass is 9.90. The molecule has 5 atom stereocenters. The number of hydrogen-bond donors (Lipinski definition) is 2. The molecule has 2 aliphatic rings. The van der Waals surface area contributed by atoms with Crippen LogP contribution in [-0.4, -0.2) is 50.5 Å². The summed E-state index contributed by atoms with van der Waals surface area (Å²) in [5.41, 5.74) is 0. The van der Waals surface area contributed by atoms with E-state index in [1.54, 1.807) is 17.4 Å². The van der Waals surface area contributed by atoms with Gasteiger partial charge in [0.1, 0.15) is 11.9 Å². The fourth-order valence-corrected chi connectivity index (χ4v) is 6.68. The van der Waals surface area contributed by atoms with Crippen molar-refractivity contribution in [2.75, 3.05) is 12.9 Å². The molecule has 8 nitrogen and oxygen atoms in total. The molecule has 10 heteroatoms. The fourth-order valence-electron chi connectivity index (χ4n) is 5.13. The molecular weight excluding hydrogens is 538 g/mol. The van der Waals surface area contributed by atoms with Crippen molar-refractivity contribution in [2.24, 2.45) is 11.8 Å². The molecule has 2 heterocycles. The summed E-state index contributed by atoms with van der Waals surface area (Å²) in [5.74, 6) is -0.880. The SMILES string of the molecule is CS(=O)(=O)NC(=O)CCC/C=C\C[C@H]1C(=O)C[C@@H](OC2CCCCO2)[C@@H]1/C=C/[C@@H](O)c1cc2ccccc2s1. The molecule has 1 unspecified atom stereocenters. The van der Waals surface area contributed by atoms with Crippen LogP contribution in [0.4, 0.5) is 0 Å². The quantitative estimate of drug-likeness (QED) is 0.276. The van der Waals surface area contributed by atoms with Gasteiger partial charge < -0.3 is 14.6 Å². The molecule has 1 aliphatic carbocycles. The maximum atomic E-state index is 13.1. The van der Waals surface area contributed by atoms with E-state index in [0.29, 0.717) is 32.3 Å².